The third kappa shape index (κ3) is 4.03. The third-order valence-electron chi connectivity index (χ3n) is 3.89. The Bertz CT molecular complexity index is 249. The monoisotopic (exact) mass is 262 g/mol. The summed E-state index contributed by atoms with van der Waals surface area (Å²) in [6.07, 6.45) is -0.604. The fourth-order valence-electron chi connectivity index (χ4n) is 1.52. The average Bonchev–Trinajstić information content (AvgIpc) is 2.18. The van der Waals surface area contributed by atoms with Crippen LogP contribution in [0.5, 0.6) is 0 Å². The van der Waals surface area contributed by atoms with E-state index in [4.69, 9.17) is 9.16 Å². The number of hydrogen-bond donors (Lipinski definition) is 2. The van der Waals surface area contributed by atoms with Gasteiger partial charge >= 0.3 is 0 Å². The van der Waals surface area contributed by atoms with Crippen LogP contribution in [0.1, 0.15) is 33.6 Å². The number of aliphatic hydroxyl groups is 2. The maximum atomic E-state index is 9.79. The van der Waals surface area contributed by atoms with E-state index in [0.717, 1.165) is 0 Å². The largest absolute Gasteiger partial charge is 0.414 e. The Morgan fingerprint density at radius 1 is 1.24 bits per heavy atom. The van der Waals surface area contributed by atoms with Crippen molar-refractivity contribution in [3.63, 3.8) is 0 Å². The van der Waals surface area contributed by atoms with E-state index in [0.29, 0.717) is 19.4 Å². The van der Waals surface area contributed by atoms with Gasteiger partial charge in [0.25, 0.3) is 0 Å². The first-order valence-corrected chi connectivity index (χ1v) is 9.20. The van der Waals surface area contributed by atoms with Crippen molar-refractivity contribution in [2.24, 2.45) is 0 Å². The normalized spacial score (nSPS) is 31.6. The molecule has 0 bridgehead atoms. The van der Waals surface area contributed by atoms with Crippen molar-refractivity contribution in [1.29, 1.82) is 0 Å². The van der Waals surface area contributed by atoms with Crippen LogP contribution in [0.3, 0.4) is 0 Å². The predicted molar refractivity (Wildman–Crippen MR) is 69.3 cm³/mol. The summed E-state index contributed by atoms with van der Waals surface area (Å²) in [6, 6.07) is 0. The molecule has 1 aliphatic rings. The first-order valence-electron chi connectivity index (χ1n) is 6.29. The predicted octanol–water partition coefficient (Wildman–Crippen LogP) is 1.87. The SMILES string of the molecule is CC(C)(C)[Si](C)(C)OC[C@H]1O[C@H](O)CC[C@@H]1O. The second-order valence-electron chi connectivity index (χ2n) is 6.35. The summed E-state index contributed by atoms with van der Waals surface area (Å²) < 4.78 is 11.3. The molecule has 0 amide bonds. The summed E-state index contributed by atoms with van der Waals surface area (Å²) >= 11 is 0. The fourth-order valence-corrected chi connectivity index (χ4v) is 2.53. The highest BCUT2D eigenvalue weighted by atomic mass is 28.4. The quantitative estimate of drug-likeness (QED) is 0.762. The van der Waals surface area contributed by atoms with Crippen LogP contribution in [-0.2, 0) is 9.16 Å². The van der Waals surface area contributed by atoms with Crippen molar-refractivity contribution in [1.82, 2.24) is 0 Å². The Morgan fingerprint density at radius 3 is 2.35 bits per heavy atom. The third-order valence-corrected chi connectivity index (χ3v) is 8.39. The lowest BCUT2D eigenvalue weighted by atomic mass is 10.1. The Balaban J connectivity index is 2.49. The zero-order chi connectivity index (χ0) is 13.3. The minimum Gasteiger partial charge on any atom is -0.414 e. The van der Waals surface area contributed by atoms with Crippen LogP contribution in [0, 0.1) is 0 Å². The Labute approximate surface area is 105 Å². The molecule has 2 N–H and O–H groups in total. The van der Waals surface area contributed by atoms with Crippen LogP contribution in [0.2, 0.25) is 18.1 Å². The van der Waals surface area contributed by atoms with Crippen molar-refractivity contribution < 1.29 is 19.4 Å². The molecule has 0 aromatic carbocycles. The molecule has 4 nitrogen and oxygen atoms in total. The molecule has 1 fully saturated rings. The van der Waals surface area contributed by atoms with Crippen molar-refractivity contribution >= 4 is 8.32 Å². The summed E-state index contributed by atoms with van der Waals surface area (Å²) in [5, 5.41) is 19.3. The van der Waals surface area contributed by atoms with Crippen molar-refractivity contribution in [2.75, 3.05) is 6.61 Å². The van der Waals surface area contributed by atoms with Gasteiger partial charge in [-0.15, -0.1) is 0 Å². The van der Waals surface area contributed by atoms with Gasteiger partial charge in [-0.25, -0.2) is 0 Å². The molecule has 102 valence electrons. The number of aliphatic hydroxyl groups excluding tert-OH is 2. The van der Waals surface area contributed by atoms with Gasteiger partial charge in [0.1, 0.15) is 6.10 Å². The van der Waals surface area contributed by atoms with Crippen LogP contribution in [0.25, 0.3) is 0 Å². The van der Waals surface area contributed by atoms with Gasteiger partial charge in [-0.3, -0.25) is 0 Å². The van der Waals surface area contributed by atoms with Crippen LogP contribution >= 0.6 is 0 Å². The van der Waals surface area contributed by atoms with Gasteiger partial charge in [-0.2, -0.15) is 0 Å². The highest BCUT2D eigenvalue weighted by Crippen LogP contribution is 2.37. The first kappa shape index (κ1) is 15.1. The minimum absolute atomic E-state index is 0.144. The maximum Gasteiger partial charge on any atom is 0.192 e. The summed E-state index contributed by atoms with van der Waals surface area (Å²) in [5.74, 6) is 0. The molecule has 0 saturated carbocycles. The van der Waals surface area contributed by atoms with Gasteiger partial charge in [0.05, 0.1) is 12.7 Å². The molecule has 1 saturated heterocycles. The van der Waals surface area contributed by atoms with Crippen molar-refractivity contribution in [3.8, 4) is 0 Å². The molecule has 0 spiro atoms. The van der Waals surface area contributed by atoms with Gasteiger partial charge in [-0.1, -0.05) is 20.8 Å². The fraction of sp³-hybridized carbons (Fsp3) is 1.00. The van der Waals surface area contributed by atoms with Gasteiger partial charge in [0, 0.05) is 6.42 Å². The number of ether oxygens (including phenoxy) is 1. The minimum atomic E-state index is -1.81. The van der Waals surface area contributed by atoms with Crippen LogP contribution in [-0.4, -0.2) is 43.6 Å². The molecule has 1 rings (SSSR count). The van der Waals surface area contributed by atoms with Gasteiger partial charge in [0.15, 0.2) is 14.6 Å². The number of rotatable bonds is 3. The second-order valence-corrected chi connectivity index (χ2v) is 11.2. The molecular formula is C12H26O4Si. The molecule has 17 heavy (non-hydrogen) atoms. The Kier molecular flexibility index (Phi) is 4.77. The lowest BCUT2D eigenvalue weighted by Crippen LogP contribution is -2.47. The smallest absolute Gasteiger partial charge is 0.192 e. The van der Waals surface area contributed by atoms with E-state index in [1.165, 1.54) is 0 Å². The zero-order valence-electron chi connectivity index (χ0n) is 11.6. The van der Waals surface area contributed by atoms with E-state index in [9.17, 15) is 10.2 Å². The zero-order valence-corrected chi connectivity index (χ0v) is 12.6. The number of hydrogen-bond acceptors (Lipinski definition) is 4. The summed E-state index contributed by atoms with van der Waals surface area (Å²) in [6.45, 7) is 11.2. The molecule has 0 aromatic heterocycles. The molecule has 0 radical (unpaired) electrons. The Hall–Kier alpha value is 0.0569. The van der Waals surface area contributed by atoms with Crippen molar-refractivity contribution in [3.05, 3.63) is 0 Å². The van der Waals surface area contributed by atoms with E-state index in [-0.39, 0.29) is 5.04 Å². The van der Waals surface area contributed by atoms with Crippen molar-refractivity contribution in [2.45, 2.75) is 70.2 Å². The molecule has 1 aliphatic heterocycles. The van der Waals surface area contributed by atoms with Crippen LogP contribution in [0.4, 0.5) is 0 Å². The maximum absolute atomic E-state index is 9.79. The van der Waals surface area contributed by atoms with E-state index < -0.39 is 26.8 Å². The summed E-state index contributed by atoms with van der Waals surface area (Å²) in [4.78, 5) is 0. The van der Waals surface area contributed by atoms with Crippen LogP contribution < -0.4 is 0 Å². The van der Waals surface area contributed by atoms with E-state index >= 15 is 0 Å². The summed E-state index contributed by atoms with van der Waals surface area (Å²) in [7, 11) is -1.81. The van der Waals surface area contributed by atoms with E-state index in [1.54, 1.807) is 0 Å². The highest BCUT2D eigenvalue weighted by Gasteiger charge is 2.39. The standard InChI is InChI=1S/C12H26O4Si/c1-12(2,3)17(4,5)15-8-10-9(13)6-7-11(14)16-10/h9-11,13-14H,6-8H2,1-5H3/t9-,10+,11-/m0/s1. The summed E-state index contributed by atoms with van der Waals surface area (Å²) in [5.41, 5.74) is 0. The molecule has 0 unspecified atom stereocenters. The first-order chi connectivity index (χ1) is 7.63. The molecule has 1 heterocycles. The molecular weight excluding hydrogens is 236 g/mol. The Morgan fingerprint density at radius 2 is 1.82 bits per heavy atom. The molecule has 3 atom stereocenters. The average molecular weight is 262 g/mol. The lowest BCUT2D eigenvalue weighted by Gasteiger charge is -2.39. The molecule has 0 aromatic rings. The van der Waals surface area contributed by atoms with Gasteiger partial charge in [-0.05, 0) is 24.6 Å². The second kappa shape index (κ2) is 5.36. The topological polar surface area (TPSA) is 58.9 Å². The van der Waals surface area contributed by atoms with E-state index in [1.807, 2.05) is 0 Å². The lowest BCUT2D eigenvalue weighted by molar-refractivity contribution is -0.206. The van der Waals surface area contributed by atoms with Gasteiger partial charge < -0.3 is 19.4 Å². The van der Waals surface area contributed by atoms with E-state index in [2.05, 4.69) is 33.9 Å². The van der Waals surface area contributed by atoms with Gasteiger partial charge in [0.2, 0.25) is 0 Å². The molecule has 0 aliphatic carbocycles. The molecule has 5 heteroatoms. The highest BCUT2D eigenvalue weighted by molar-refractivity contribution is 6.74. The van der Waals surface area contributed by atoms with Crippen LogP contribution in [0.15, 0.2) is 0 Å².